The molecule has 1 heterocycles. The molecule has 1 fully saturated rings. The second kappa shape index (κ2) is 9.95. The molecule has 0 N–H and O–H groups in total. The van der Waals surface area contributed by atoms with Crippen LogP contribution in [-0.4, -0.2) is 46.8 Å². The molecule has 120 valence electrons. The van der Waals surface area contributed by atoms with E-state index in [1.54, 1.807) is 11.8 Å². The molecule has 3 nitrogen and oxygen atoms in total. The van der Waals surface area contributed by atoms with Crippen molar-refractivity contribution < 1.29 is 14.1 Å². The van der Waals surface area contributed by atoms with Gasteiger partial charge < -0.3 is 4.74 Å². The zero-order chi connectivity index (χ0) is 15.6. The highest BCUT2D eigenvalue weighted by Gasteiger charge is 2.20. The van der Waals surface area contributed by atoms with Crippen LogP contribution in [0.25, 0.3) is 0 Å². The Bertz CT molecular complexity index is 495. The van der Waals surface area contributed by atoms with Crippen molar-refractivity contribution in [3.8, 4) is 0 Å². The highest BCUT2D eigenvalue weighted by molar-refractivity contribution is 8.16. The van der Waals surface area contributed by atoms with Gasteiger partial charge in [0.15, 0.2) is 0 Å². The Balaban J connectivity index is 1.96. The summed E-state index contributed by atoms with van der Waals surface area (Å²) in [5.41, 5.74) is 0. The molecule has 1 aliphatic rings. The Morgan fingerprint density at radius 1 is 1.14 bits per heavy atom. The molecule has 0 unspecified atom stereocenters. The van der Waals surface area contributed by atoms with E-state index in [0.29, 0.717) is 12.4 Å². The first-order chi connectivity index (χ1) is 10.8. The van der Waals surface area contributed by atoms with E-state index in [4.69, 9.17) is 4.74 Å². The van der Waals surface area contributed by atoms with E-state index in [0.717, 1.165) is 18.8 Å². The fraction of sp³-hybridized carbons (Fsp3) is 0.529. The normalized spacial score (nSPS) is 14.7. The summed E-state index contributed by atoms with van der Waals surface area (Å²) in [5.74, 6) is 1.22. The van der Waals surface area contributed by atoms with Crippen LogP contribution in [0.4, 0.5) is 0 Å². The SMILES string of the molecule is CCOC(=O)CSC(CSc1ccccc1)=[N+]1CCCCC1. The number of benzene rings is 1. The first kappa shape index (κ1) is 17.4. The third kappa shape index (κ3) is 6.05. The van der Waals surface area contributed by atoms with Crippen LogP contribution in [0.1, 0.15) is 26.2 Å². The lowest BCUT2D eigenvalue weighted by Gasteiger charge is -2.14. The molecule has 0 radical (unpaired) electrons. The second-order valence-electron chi connectivity index (χ2n) is 5.14. The standard InChI is InChI=1S/C17H24NO2S2/c1-2-20-17(19)14-22-16(18-11-7-4-8-12-18)13-21-15-9-5-3-6-10-15/h3,5-6,9-10H,2,4,7-8,11-14H2,1H3/q+1. The summed E-state index contributed by atoms with van der Waals surface area (Å²) >= 11 is 3.48. The van der Waals surface area contributed by atoms with Crippen LogP contribution in [-0.2, 0) is 9.53 Å². The minimum Gasteiger partial charge on any atom is -0.465 e. The quantitative estimate of drug-likeness (QED) is 0.342. The van der Waals surface area contributed by atoms with Gasteiger partial charge in [-0.3, -0.25) is 4.79 Å². The van der Waals surface area contributed by atoms with Crippen molar-refractivity contribution in [2.24, 2.45) is 0 Å². The van der Waals surface area contributed by atoms with E-state index in [2.05, 4.69) is 28.8 Å². The van der Waals surface area contributed by atoms with Gasteiger partial charge in [-0.25, -0.2) is 4.58 Å². The maximum Gasteiger partial charge on any atom is 0.316 e. The van der Waals surface area contributed by atoms with E-state index >= 15 is 0 Å². The predicted octanol–water partition coefficient (Wildman–Crippen LogP) is 3.67. The summed E-state index contributed by atoms with van der Waals surface area (Å²) in [6, 6.07) is 10.4. The molecule has 1 aromatic carbocycles. The van der Waals surface area contributed by atoms with Crippen molar-refractivity contribution in [2.75, 3.05) is 31.2 Å². The maximum atomic E-state index is 11.6. The van der Waals surface area contributed by atoms with E-state index in [1.807, 2.05) is 24.8 Å². The molecular weight excluding hydrogens is 314 g/mol. The predicted molar refractivity (Wildman–Crippen MR) is 95.1 cm³/mol. The first-order valence-electron chi connectivity index (χ1n) is 7.86. The molecule has 0 aliphatic carbocycles. The van der Waals surface area contributed by atoms with Gasteiger partial charge in [0.2, 0.25) is 5.04 Å². The fourth-order valence-corrected chi connectivity index (χ4v) is 4.44. The number of thioether (sulfide) groups is 2. The van der Waals surface area contributed by atoms with Gasteiger partial charge in [-0.1, -0.05) is 18.2 Å². The highest BCUT2D eigenvalue weighted by atomic mass is 32.2. The molecule has 22 heavy (non-hydrogen) atoms. The molecule has 0 amide bonds. The van der Waals surface area contributed by atoms with Crippen molar-refractivity contribution in [3.05, 3.63) is 30.3 Å². The molecule has 0 atom stereocenters. The molecule has 1 saturated heterocycles. The molecule has 0 bridgehead atoms. The van der Waals surface area contributed by atoms with Crippen LogP contribution >= 0.6 is 23.5 Å². The number of hydrogen-bond donors (Lipinski definition) is 0. The van der Waals surface area contributed by atoms with Crippen LogP contribution in [0.3, 0.4) is 0 Å². The summed E-state index contributed by atoms with van der Waals surface area (Å²) in [5, 5.41) is 1.31. The maximum absolute atomic E-state index is 11.6. The van der Waals surface area contributed by atoms with Crippen LogP contribution in [0.15, 0.2) is 35.2 Å². The Hall–Kier alpha value is -0.940. The molecule has 0 aromatic heterocycles. The lowest BCUT2D eigenvalue weighted by molar-refractivity contribution is -0.534. The number of ether oxygens (including phenoxy) is 1. The van der Waals surface area contributed by atoms with Gasteiger partial charge in [0.25, 0.3) is 0 Å². The van der Waals surface area contributed by atoms with Crippen LogP contribution in [0.2, 0.25) is 0 Å². The van der Waals surface area contributed by atoms with Crippen LogP contribution < -0.4 is 0 Å². The van der Waals surface area contributed by atoms with Gasteiger partial charge in [0, 0.05) is 17.7 Å². The summed E-state index contributed by atoms with van der Waals surface area (Å²) in [7, 11) is 0. The number of hydrogen-bond acceptors (Lipinski definition) is 4. The van der Waals surface area contributed by atoms with E-state index in [-0.39, 0.29) is 5.97 Å². The first-order valence-corrected chi connectivity index (χ1v) is 9.83. The molecule has 0 spiro atoms. The van der Waals surface area contributed by atoms with Gasteiger partial charge >= 0.3 is 5.97 Å². The van der Waals surface area contributed by atoms with Crippen molar-refractivity contribution in [1.29, 1.82) is 0 Å². The van der Waals surface area contributed by atoms with Gasteiger partial charge in [-0.05, 0) is 37.2 Å². The summed E-state index contributed by atoms with van der Waals surface area (Å²) in [4.78, 5) is 12.9. The number of esters is 1. The zero-order valence-corrected chi connectivity index (χ0v) is 14.8. The largest absolute Gasteiger partial charge is 0.465 e. The summed E-state index contributed by atoms with van der Waals surface area (Å²) in [6.07, 6.45) is 3.82. The Labute approximate surface area is 141 Å². The van der Waals surface area contributed by atoms with Gasteiger partial charge in [0.05, 0.1) is 12.4 Å². The number of nitrogens with zero attached hydrogens (tertiary/aromatic N) is 1. The molecule has 0 saturated carbocycles. The highest BCUT2D eigenvalue weighted by Crippen LogP contribution is 2.21. The number of rotatable bonds is 6. The minimum atomic E-state index is -0.119. The summed E-state index contributed by atoms with van der Waals surface area (Å²) < 4.78 is 7.49. The van der Waals surface area contributed by atoms with E-state index < -0.39 is 0 Å². The Morgan fingerprint density at radius 3 is 2.55 bits per heavy atom. The topological polar surface area (TPSA) is 29.3 Å². The van der Waals surface area contributed by atoms with E-state index in [9.17, 15) is 4.79 Å². The molecule has 1 aliphatic heterocycles. The molecule has 2 rings (SSSR count). The summed E-state index contributed by atoms with van der Waals surface area (Å²) in [6.45, 7) is 4.53. The van der Waals surface area contributed by atoms with Crippen LogP contribution in [0, 0.1) is 0 Å². The lowest BCUT2D eigenvalue weighted by Crippen LogP contribution is -2.27. The third-order valence-corrected chi connectivity index (χ3v) is 5.80. The molecular formula is C17H24NO2S2+. The molecule has 5 heteroatoms. The van der Waals surface area contributed by atoms with Crippen molar-refractivity contribution in [2.45, 2.75) is 31.1 Å². The fourth-order valence-electron chi connectivity index (χ4n) is 2.37. The second-order valence-corrected chi connectivity index (χ2v) is 7.23. The Kier molecular flexibility index (Phi) is 7.88. The number of piperidine rings is 1. The average molecular weight is 339 g/mol. The van der Waals surface area contributed by atoms with Crippen molar-refractivity contribution in [1.82, 2.24) is 0 Å². The van der Waals surface area contributed by atoms with Crippen LogP contribution in [0.5, 0.6) is 0 Å². The van der Waals surface area contributed by atoms with E-state index in [1.165, 1.54) is 29.2 Å². The van der Waals surface area contributed by atoms with Crippen molar-refractivity contribution in [3.63, 3.8) is 0 Å². The van der Waals surface area contributed by atoms with Crippen molar-refractivity contribution >= 4 is 34.5 Å². The van der Waals surface area contributed by atoms with Gasteiger partial charge in [0.1, 0.15) is 18.8 Å². The minimum absolute atomic E-state index is 0.119. The smallest absolute Gasteiger partial charge is 0.316 e. The zero-order valence-electron chi connectivity index (χ0n) is 13.1. The lowest BCUT2D eigenvalue weighted by atomic mass is 10.2. The average Bonchev–Trinajstić information content (AvgIpc) is 2.57. The number of carbonyl (C=O) groups is 1. The van der Waals surface area contributed by atoms with Gasteiger partial charge in [-0.2, -0.15) is 0 Å². The molecule has 1 aromatic rings. The third-order valence-electron chi connectivity index (χ3n) is 3.48. The monoisotopic (exact) mass is 338 g/mol. The van der Waals surface area contributed by atoms with Gasteiger partial charge in [-0.15, -0.1) is 11.8 Å². The number of carbonyl (C=O) groups excluding carboxylic acids is 1. The Morgan fingerprint density at radius 2 is 1.86 bits per heavy atom.